The molecule has 1 amide bonds. The third-order valence-corrected chi connectivity index (χ3v) is 4.02. The van der Waals surface area contributed by atoms with Gasteiger partial charge in [-0.2, -0.15) is 0 Å². The first-order chi connectivity index (χ1) is 8.62. The molecule has 1 aromatic rings. The maximum Gasteiger partial charge on any atom is 0.329 e. The molecule has 0 aromatic carbocycles. The number of carbonyl (C=O) groups excluding carboxylic acids is 1. The summed E-state index contributed by atoms with van der Waals surface area (Å²) >= 11 is 1.00. The fraction of sp³-hybridized carbons (Fsp3) is 0.636. The second-order valence-electron chi connectivity index (χ2n) is 4.43. The summed E-state index contributed by atoms with van der Waals surface area (Å²) in [6.07, 6.45) is 3.86. The van der Waals surface area contributed by atoms with Crippen molar-refractivity contribution < 1.29 is 14.7 Å². The van der Waals surface area contributed by atoms with Gasteiger partial charge in [0.2, 0.25) is 0 Å². The summed E-state index contributed by atoms with van der Waals surface area (Å²) in [5.41, 5.74) is -1.05. The van der Waals surface area contributed by atoms with Crippen molar-refractivity contribution in [3.63, 3.8) is 0 Å². The predicted molar refractivity (Wildman–Crippen MR) is 65.5 cm³/mol. The molecule has 1 unspecified atom stereocenters. The Hall–Kier alpha value is -1.50. The fourth-order valence-electron chi connectivity index (χ4n) is 2.57. The average molecular weight is 269 g/mol. The first-order valence-electron chi connectivity index (χ1n) is 5.94. The molecule has 18 heavy (non-hydrogen) atoms. The van der Waals surface area contributed by atoms with Crippen LogP contribution >= 0.6 is 11.5 Å². The molecule has 98 valence electrons. The molecule has 1 aliphatic rings. The van der Waals surface area contributed by atoms with Crippen LogP contribution in [0.5, 0.6) is 0 Å². The molecule has 0 aliphatic carbocycles. The Morgan fingerprint density at radius 2 is 2.39 bits per heavy atom. The van der Waals surface area contributed by atoms with Crippen molar-refractivity contribution >= 4 is 23.4 Å². The summed E-state index contributed by atoms with van der Waals surface area (Å²) in [6, 6.07) is 0. The van der Waals surface area contributed by atoms with Gasteiger partial charge in [0.05, 0.1) is 6.20 Å². The SMILES string of the molecule is CCCC1(C(=O)O)CCCN1C(=O)c1cnns1. The van der Waals surface area contributed by atoms with Crippen molar-refractivity contribution in [1.82, 2.24) is 14.5 Å². The molecule has 0 radical (unpaired) electrons. The van der Waals surface area contributed by atoms with Crippen LogP contribution in [0, 0.1) is 0 Å². The largest absolute Gasteiger partial charge is 0.479 e. The number of aliphatic carboxylic acids is 1. The van der Waals surface area contributed by atoms with Crippen LogP contribution in [0.1, 0.15) is 42.3 Å². The minimum Gasteiger partial charge on any atom is -0.479 e. The monoisotopic (exact) mass is 269 g/mol. The van der Waals surface area contributed by atoms with Crippen molar-refractivity contribution in [3.05, 3.63) is 11.1 Å². The number of amides is 1. The number of nitrogens with zero attached hydrogens (tertiary/aromatic N) is 3. The number of hydrogen-bond donors (Lipinski definition) is 1. The Bertz CT molecular complexity index is 448. The lowest BCUT2D eigenvalue weighted by Gasteiger charge is -2.34. The molecular formula is C11H15N3O3S. The van der Waals surface area contributed by atoms with Gasteiger partial charge in [-0.15, -0.1) is 5.10 Å². The summed E-state index contributed by atoms with van der Waals surface area (Å²) in [7, 11) is 0. The van der Waals surface area contributed by atoms with E-state index in [0.29, 0.717) is 24.3 Å². The van der Waals surface area contributed by atoms with Gasteiger partial charge in [-0.3, -0.25) is 4.79 Å². The first-order valence-corrected chi connectivity index (χ1v) is 6.72. The van der Waals surface area contributed by atoms with Crippen LogP contribution < -0.4 is 0 Å². The molecule has 1 aliphatic heterocycles. The molecular weight excluding hydrogens is 254 g/mol. The van der Waals surface area contributed by atoms with E-state index in [4.69, 9.17) is 0 Å². The van der Waals surface area contributed by atoms with E-state index in [1.54, 1.807) is 0 Å². The van der Waals surface area contributed by atoms with E-state index in [-0.39, 0.29) is 5.91 Å². The third kappa shape index (κ3) is 1.98. The van der Waals surface area contributed by atoms with E-state index in [9.17, 15) is 14.7 Å². The van der Waals surface area contributed by atoms with Gasteiger partial charge in [-0.25, -0.2) is 4.79 Å². The van der Waals surface area contributed by atoms with Gasteiger partial charge in [0.15, 0.2) is 0 Å². The van der Waals surface area contributed by atoms with Crippen LogP contribution in [0.2, 0.25) is 0 Å². The molecule has 0 saturated carbocycles. The van der Waals surface area contributed by atoms with Gasteiger partial charge in [-0.1, -0.05) is 17.8 Å². The lowest BCUT2D eigenvalue weighted by atomic mass is 9.90. The summed E-state index contributed by atoms with van der Waals surface area (Å²) in [5.74, 6) is -1.17. The maximum atomic E-state index is 12.3. The average Bonchev–Trinajstić information content (AvgIpc) is 2.98. The standard InChI is InChI=1S/C11H15N3O3S/c1-2-4-11(10(16)17)5-3-6-14(11)9(15)8-7-12-13-18-8/h7H,2-6H2,1H3,(H,16,17). The van der Waals surface area contributed by atoms with Crippen LogP contribution in [-0.4, -0.2) is 43.6 Å². The summed E-state index contributed by atoms with van der Waals surface area (Å²) < 4.78 is 3.65. The zero-order valence-corrected chi connectivity index (χ0v) is 10.9. The minimum atomic E-state index is -1.05. The Morgan fingerprint density at radius 3 is 2.94 bits per heavy atom. The highest BCUT2D eigenvalue weighted by Gasteiger charge is 2.49. The van der Waals surface area contributed by atoms with Crippen molar-refractivity contribution in [2.75, 3.05) is 6.54 Å². The summed E-state index contributed by atoms with van der Waals surface area (Å²) in [5, 5.41) is 13.1. The van der Waals surface area contributed by atoms with Gasteiger partial charge in [-0.05, 0) is 30.8 Å². The van der Waals surface area contributed by atoms with Crippen molar-refractivity contribution in [2.24, 2.45) is 0 Å². The fourth-order valence-corrected chi connectivity index (χ4v) is 3.04. The molecule has 1 saturated heterocycles. The second-order valence-corrected chi connectivity index (χ2v) is 5.21. The van der Waals surface area contributed by atoms with Crippen LogP contribution in [0.3, 0.4) is 0 Å². The number of aromatic nitrogens is 2. The molecule has 0 spiro atoms. The topological polar surface area (TPSA) is 83.4 Å². The number of carbonyl (C=O) groups is 2. The number of carboxylic acids is 1. The molecule has 7 heteroatoms. The lowest BCUT2D eigenvalue weighted by Crippen LogP contribution is -2.52. The second kappa shape index (κ2) is 5.01. The van der Waals surface area contributed by atoms with E-state index < -0.39 is 11.5 Å². The van der Waals surface area contributed by atoms with Crippen molar-refractivity contribution in [3.8, 4) is 0 Å². The third-order valence-electron chi connectivity index (χ3n) is 3.37. The van der Waals surface area contributed by atoms with Gasteiger partial charge in [0.25, 0.3) is 5.91 Å². The molecule has 2 heterocycles. The van der Waals surface area contributed by atoms with Crippen LogP contribution in [0.15, 0.2) is 6.20 Å². The van der Waals surface area contributed by atoms with Crippen LogP contribution in [0.25, 0.3) is 0 Å². The van der Waals surface area contributed by atoms with Gasteiger partial charge in [0, 0.05) is 6.54 Å². The Morgan fingerprint density at radius 1 is 1.61 bits per heavy atom. The quantitative estimate of drug-likeness (QED) is 0.893. The van der Waals surface area contributed by atoms with Gasteiger partial charge < -0.3 is 10.0 Å². The highest BCUT2D eigenvalue weighted by atomic mass is 32.1. The minimum absolute atomic E-state index is 0.265. The Balaban J connectivity index is 2.30. The highest BCUT2D eigenvalue weighted by Crippen LogP contribution is 2.35. The van der Waals surface area contributed by atoms with E-state index in [0.717, 1.165) is 24.4 Å². The molecule has 6 nitrogen and oxygen atoms in total. The van der Waals surface area contributed by atoms with E-state index in [2.05, 4.69) is 9.59 Å². The van der Waals surface area contributed by atoms with E-state index in [1.807, 2.05) is 6.92 Å². The number of likely N-dealkylation sites (tertiary alicyclic amines) is 1. The Kier molecular flexibility index (Phi) is 3.60. The molecule has 1 atom stereocenters. The number of hydrogen-bond acceptors (Lipinski definition) is 5. The molecule has 2 rings (SSSR count). The summed E-state index contributed by atoms with van der Waals surface area (Å²) in [6.45, 7) is 2.42. The zero-order valence-electron chi connectivity index (χ0n) is 10.1. The maximum absolute atomic E-state index is 12.3. The predicted octanol–water partition coefficient (Wildman–Crippen LogP) is 1.40. The van der Waals surface area contributed by atoms with Crippen molar-refractivity contribution in [1.29, 1.82) is 0 Å². The van der Waals surface area contributed by atoms with Gasteiger partial charge in [0.1, 0.15) is 10.4 Å². The smallest absolute Gasteiger partial charge is 0.329 e. The lowest BCUT2D eigenvalue weighted by molar-refractivity contribution is -0.148. The van der Waals surface area contributed by atoms with E-state index in [1.165, 1.54) is 11.1 Å². The van der Waals surface area contributed by atoms with E-state index >= 15 is 0 Å². The molecule has 1 aromatic heterocycles. The first kappa shape index (κ1) is 12.9. The van der Waals surface area contributed by atoms with Crippen LogP contribution in [-0.2, 0) is 4.79 Å². The van der Waals surface area contributed by atoms with Gasteiger partial charge >= 0.3 is 5.97 Å². The number of rotatable bonds is 4. The molecule has 1 N–H and O–H groups in total. The zero-order chi connectivity index (χ0) is 13.2. The van der Waals surface area contributed by atoms with Crippen molar-refractivity contribution in [2.45, 2.75) is 38.1 Å². The summed E-state index contributed by atoms with van der Waals surface area (Å²) in [4.78, 5) is 25.8. The normalized spacial score (nSPS) is 23.3. The number of carboxylic acid groups (broad SMARTS) is 1. The molecule has 0 bridgehead atoms. The highest BCUT2D eigenvalue weighted by molar-refractivity contribution is 7.07. The molecule has 1 fully saturated rings. The van der Waals surface area contributed by atoms with Crippen LogP contribution in [0.4, 0.5) is 0 Å². The Labute approximate surface area is 109 Å².